The molecule has 0 unspecified atom stereocenters. The van der Waals surface area contributed by atoms with Crippen molar-refractivity contribution in [2.45, 2.75) is 31.3 Å². The van der Waals surface area contributed by atoms with Gasteiger partial charge in [0.2, 0.25) is 0 Å². The van der Waals surface area contributed by atoms with Crippen LogP contribution in [0, 0.1) is 0 Å². The van der Waals surface area contributed by atoms with Gasteiger partial charge in [-0.15, -0.1) is 0 Å². The topological polar surface area (TPSA) is 104 Å². The highest BCUT2D eigenvalue weighted by Gasteiger charge is 2.24. The standard InChI is InChI=1S/C14H21N3O4/c18-9-5-11(14(20)21)16-13(19)12-2-1-8-17(12)10-3-6-15-7-4-10/h1-2,8,10-11,15,18H,3-7,9H2,(H,16,19)(H,20,21)/t11-/m0/s1. The van der Waals surface area contributed by atoms with Crippen LogP contribution in [0.2, 0.25) is 0 Å². The molecule has 0 aliphatic carbocycles. The van der Waals surface area contributed by atoms with Crippen molar-refractivity contribution in [3.05, 3.63) is 24.0 Å². The molecule has 7 heteroatoms. The summed E-state index contributed by atoms with van der Waals surface area (Å²) >= 11 is 0. The normalized spacial score (nSPS) is 17.4. The van der Waals surface area contributed by atoms with Gasteiger partial charge < -0.3 is 25.4 Å². The summed E-state index contributed by atoms with van der Waals surface area (Å²) in [6.45, 7) is 1.53. The molecule has 1 aromatic rings. The van der Waals surface area contributed by atoms with Crippen LogP contribution >= 0.6 is 0 Å². The second kappa shape index (κ2) is 7.24. The van der Waals surface area contributed by atoms with Crippen molar-refractivity contribution in [2.24, 2.45) is 0 Å². The van der Waals surface area contributed by atoms with Gasteiger partial charge in [-0.1, -0.05) is 0 Å². The number of carbonyl (C=O) groups excluding carboxylic acids is 1. The summed E-state index contributed by atoms with van der Waals surface area (Å²) in [6, 6.07) is 2.66. The molecule has 21 heavy (non-hydrogen) atoms. The van der Waals surface area contributed by atoms with Gasteiger partial charge in [-0.2, -0.15) is 0 Å². The van der Waals surface area contributed by atoms with Crippen LogP contribution in [-0.4, -0.2) is 52.4 Å². The lowest BCUT2D eigenvalue weighted by atomic mass is 10.1. The molecule has 1 amide bonds. The molecule has 7 nitrogen and oxygen atoms in total. The number of nitrogens with one attached hydrogen (secondary N) is 2. The average molecular weight is 295 g/mol. The van der Waals surface area contributed by atoms with Gasteiger partial charge in [0, 0.05) is 25.3 Å². The Labute approximate surface area is 123 Å². The minimum Gasteiger partial charge on any atom is -0.480 e. The van der Waals surface area contributed by atoms with E-state index >= 15 is 0 Å². The van der Waals surface area contributed by atoms with E-state index in [0.29, 0.717) is 5.69 Å². The Bertz CT molecular complexity index is 494. The van der Waals surface area contributed by atoms with Gasteiger partial charge in [0.1, 0.15) is 11.7 Å². The zero-order chi connectivity index (χ0) is 15.2. The van der Waals surface area contributed by atoms with E-state index in [1.807, 2.05) is 10.8 Å². The predicted octanol–water partition coefficient (Wildman–Crippen LogP) is -0.0220. The van der Waals surface area contributed by atoms with Gasteiger partial charge in [0.25, 0.3) is 5.91 Å². The van der Waals surface area contributed by atoms with Gasteiger partial charge >= 0.3 is 5.97 Å². The summed E-state index contributed by atoms with van der Waals surface area (Å²) < 4.78 is 1.91. The monoisotopic (exact) mass is 295 g/mol. The largest absolute Gasteiger partial charge is 0.480 e. The lowest BCUT2D eigenvalue weighted by molar-refractivity contribution is -0.139. The third-order valence-electron chi connectivity index (χ3n) is 3.73. The molecule has 1 aliphatic heterocycles. The molecule has 4 N–H and O–H groups in total. The highest BCUT2D eigenvalue weighted by Crippen LogP contribution is 2.21. The molecule has 116 valence electrons. The number of carbonyl (C=O) groups is 2. The molecule has 1 aliphatic rings. The fourth-order valence-electron chi connectivity index (χ4n) is 2.61. The second-order valence-electron chi connectivity index (χ2n) is 5.16. The number of aromatic nitrogens is 1. The molecule has 0 radical (unpaired) electrons. The first-order valence-corrected chi connectivity index (χ1v) is 7.15. The molecule has 1 atom stereocenters. The molecule has 0 aromatic carbocycles. The molecule has 2 rings (SSSR count). The van der Waals surface area contributed by atoms with Crippen molar-refractivity contribution in [2.75, 3.05) is 19.7 Å². The van der Waals surface area contributed by atoms with Crippen LogP contribution in [0.4, 0.5) is 0 Å². The van der Waals surface area contributed by atoms with Crippen molar-refractivity contribution < 1.29 is 19.8 Å². The van der Waals surface area contributed by atoms with E-state index < -0.39 is 17.9 Å². The van der Waals surface area contributed by atoms with Gasteiger partial charge in [-0.05, 0) is 38.1 Å². The summed E-state index contributed by atoms with van der Waals surface area (Å²) in [6.07, 6.45) is 3.73. The molecule has 1 aromatic heterocycles. The van der Waals surface area contributed by atoms with E-state index in [4.69, 9.17) is 10.2 Å². The molecule has 1 saturated heterocycles. The first-order chi connectivity index (χ1) is 10.1. The van der Waals surface area contributed by atoms with E-state index in [1.54, 1.807) is 12.1 Å². The zero-order valence-corrected chi connectivity index (χ0v) is 11.8. The van der Waals surface area contributed by atoms with E-state index in [2.05, 4.69) is 10.6 Å². The minimum absolute atomic E-state index is 0.00483. The lowest BCUT2D eigenvalue weighted by Gasteiger charge is -2.26. The smallest absolute Gasteiger partial charge is 0.326 e. The number of aliphatic hydroxyl groups excluding tert-OH is 1. The van der Waals surface area contributed by atoms with E-state index in [1.165, 1.54) is 0 Å². The maximum atomic E-state index is 12.3. The molecular weight excluding hydrogens is 274 g/mol. The van der Waals surface area contributed by atoms with E-state index in [0.717, 1.165) is 25.9 Å². The molecule has 0 bridgehead atoms. The Morgan fingerprint density at radius 2 is 2.14 bits per heavy atom. The van der Waals surface area contributed by atoms with E-state index in [-0.39, 0.29) is 19.1 Å². The number of hydrogen-bond acceptors (Lipinski definition) is 4. The van der Waals surface area contributed by atoms with Crippen LogP contribution in [0.1, 0.15) is 35.8 Å². The first kappa shape index (κ1) is 15.5. The number of carboxylic acid groups (broad SMARTS) is 1. The van der Waals surface area contributed by atoms with Crippen molar-refractivity contribution in [1.82, 2.24) is 15.2 Å². The van der Waals surface area contributed by atoms with Crippen molar-refractivity contribution in [3.8, 4) is 0 Å². The molecular formula is C14H21N3O4. The van der Waals surface area contributed by atoms with Crippen LogP contribution in [-0.2, 0) is 4.79 Å². The quantitative estimate of drug-likeness (QED) is 0.590. The number of piperidine rings is 1. The summed E-state index contributed by atoms with van der Waals surface area (Å²) in [4.78, 5) is 23.3. The maximum Gasteiger partial charge on any atom is 0.326 e. The number of aliphatic hydroxyl groups is 1. The van der Waals surface area contributed by atoms with Gasteiger partial charge in [-0.25, -0.2) is 4.79 Å². The minimum atomic E-state index is -1.14. The Hall–Kier alpha value is -1.86. The highest BCUT2D eigenvalue weighted by molar-refractivity contribution is 5.95. The molecule has 0 spiro atoms. The van der Waals surface area contributed by atoms with Gasteiger partial charge in [0.05, 0.1) is 0 Å². The number of rotatable bonds is 6. The number of amides is 1. The molecule has 0 saturated carbocycles. The number of carboxylic acids is 1. The third-order valence-corrected chi connectivity index (χ3v) is 3.73. The Kier molecular flexibility index (Phi) is 5.35. The summed E-state index contributed by atoms with van der Waals surface area (Å²) in [5.41, 5.74) is 0.464. The van der Waals surface area contributed by atoms with Crippen molar-refractivity contribution in [1.29, 1.82) is 0 Å². The van der Waals surface area contributed by atoms with Crippen LogP contribution < -0.4 is 10.6 Å². The SMILES string of the molecule is O=C(N[C@@H](CCO)C(=O)O)c1cccn1C1CCNCC1. The second-order valence-corrected chi connectivity index (χ2v) is 5.16. The maximum absolute atomic E-state index is 12.3. The van der Waals surface area contributed by atoms with Crippen LogP contribution in [0.3, 0.4) is 0 Å². The fourth-order valence-corrected chi connectivity index (χ4v) is 2.61. The number of hydrogen-bond donors (Lipinski definition) is 4. The van der Waals surface area contributed by atoms with Gasteiger partial charge in [0.15, 0.2) is 0 Å². The van der Waals surface area contributed by atoms with Crippen LogP contribution in [0.25, 0.3) is 0 Å². The summed E-state index contributed by atoms with van der Waals surface area (Å²) in [5.74, 6) is -1.56. The van der Waals surface area contributed by atoms with Crippen molar-refractivity contribution >= 4 is 11.9 Å². The number of nitrogens with zero attached hydrogens (tertiary/aromatic N) is 1. The molecule has 1 fully saturated rings. The Balaban J connectivity index is 2.08. The Morgan fingerprint density at radius 3 is 2.76 bits per heavy atom. The zero-order valence-electron chi connectivity index (χ0n) is 11.8. The fraction of sp³-hybridized carbons (Fsp3) is 0.571. The summed E-state index contributed by atoms with van der Waals surface area (Å²) in [5, 5.41) is 23.6. The first-order valence-electron chi connectivity index (χ1n) is 7.15. The average Bonchev–Trinajstić information content (AvgIpc) is 2.97. The van der Waals surface area contributed by atoms with Crippen LogP contribution in [0.5, 0.6) is 0 Å². The predicted molar refractivity (Wildman–Crippen MR) is 76.2 cm³/mol. The highest BCUT2D eigenvalue weighted by atomic mass is 16.4. The summed E-state index contributed by atoms with van der Waals surface area (Å²) in [7, 11) is 0. The van der Waals surface area contributed by atoms with Crippen molar-refractivity contribution in [3.63, 3.8) is 0 Å². The molecule has 2 heterocycles. The van der Waals surface area contributed by atoms with Gasteiger partial charge in [-0.3, -0.25) is 4.79 Å². The third kappa shape index (κ3) is 3.83. The van der Waals surface area contributed by atoms with E-state index in [9.17, 15) is 9.59 Å². The lowest BCUT2D eigenvalue weighted by Crippen LogP contribution is -2.42. The Morgan fingerprint density at radius 1 is 1.43 bits per heavy atom. The van der Waals surface area contributed by atoms with Crippen LogP contribution in [0.15, 0.2) is 18.3 Å². The number of aliphatic carboxylic acids is 1.